The van der Waals surface area contributed by atoms with E-state index in [1.807, 2.05) is 0 Å². The quantitative estimate of drug-likeness (QED) is 0.750. The second kappa shape index (κ2) is 6.35. The van der Waals surface area contributed by atoms with Gasteiger partial charge in [-0.2, -0.15) is 0 Å². The third kappa shape index (κ3) is 3.56. The Labute approximate surface area is 129 Å². The lowest BCUT2D eigenvalue weighted by atomic mass is 10.3. The van der Waals surface area contributed by atoms with Gasteiger partial charge in [0.25, 0.3) is 0 Å². The largest absolute Gasteiger partial charge is 0.331 e. The van der Waals surface area contributed by atoms with Crippen LogP contribution in [0.1, 0.15) is 0 Å². The molecule has 0 spiro atoms. The maximum Gasteiger partial charge on any atom is 0.175 e. The highest BCUT2D eigenvalue weighted by atomic mass is 35.5. The SMILES string of the molecule is Fc1ccc(Cl)c(NC(=S)Nc2cccc(Cl)c2F)c1. The molecule has 0 bridgehead atoms. The number of hydrogen-bond acceptors (Lipinski definition) is 1. The lowest BCUT2D eigenvalue weighted by molar-refractivity contribution is 0.628. The van der Waals surface area contributed by atoms with E-state index in [9.17, 15) is 8.78 Å². The Morgan fingerprint density at radius 1 is 0.950 bits per heavy atom. The molecule has 7 heteroatoms. The number of thiocarbonyl (C=S) groups is 1. The van der Waals surface area contributed by atoms with Gasteiger partial charge in [-0.25, -0.2) is 8.78 Å². The molecule has 2 N–H and O–H groups in total. The minimum atomic E-state index is -0.622. The van der Waals surface area contributed by atoms with Gasteiger partial charge in [0.05, 0.1) is 21.4 Å². The molecule has 0 aromatic heterocycles. The van der Waals surface area contributed by atoms with Crippen molar-refractivity contribution in [2.75, 3.05) is 10.6 Å². The number of hydrogen-bond donors (Lipinski definition) is 2. The maximum absolute atomic E-state index is 13.7. The molecule has 2 aromatic carbocycles. The van der Waals surface area contributed by atoms with Crippen molar-refractivity contribution in [2.24, 2.45) is 0 Å². The summed E-state index contributed by atoms with van der Waals surface area (Å²) in [5, 5.41) is 5.65. The van der Waals surface area contributed by atoms with Gasteiger partial charge in [0.2, 0.25) is 0 Å². The minimum absolute atomic E-state index is 0.0263. The van der Waals surface area contributed by atoms with Crippen LogP contribution < -0.4 is 10.6 Å². The van der Waals surface area contributed by atoms with Gasteiger partial charge in [0, 0.05) is 0 Å². The Morgan fingerprint density at radius 2 is 1.65 bits per heavy atom. The van der Waals surface area contributed by atoms with E-state index in [4.69, 9.17) is 35.4 Å². The second-order valence-corrected chi connectivity index (χ2v) is 5.03. The van der Waals surface area contributed by atoms with Crippen LogP contribution in [0.4, 0.5) is 20.2 Å². The predicted octanol–water partition coefficient (Wildman–Crippen LogP) is 5.08. The molecule has 0 heterocycles. The predicted molar refractivity (Wildman–Crippen MR) is 82.7 cm³/mol. The number of benzene rings is 2. The van der Waals surface area contributed by atoms with Crippen LogP contribution in [-0.2, 0) is 0 Å². The van der Waals surface area contributed by atoms with Crippen molar-refractivity contribution < 1.29 is 8.78 Å². The van der Waals surface area contributed by atoms with Crippen LogP contribution in [0.2, 0.25) is 10.0 Å². The zero-order valence-electron chi connectivity index (χ0n) is 9.88. The first-order chi connectivity index (χ1) is 9.47. The fourth-order valence-electron chi connectivity index (χ4n) is 1.47. The van der Waals surface area contributed by atoms with E-state index >= 15 is 0 Å². The lowest BCUT2D eigenvalue weighted by Gasteiger charge is -2.12. The molecular weight excluding hydrogens is 325 g/mol. The van der Waals surface area contributed by atoms with Gasteiger partial charge in [0.1, 0.15) is 5.82 Å². The molecule has 0 saturated heterocycles. The molecule has 0 radical (unpaired) electrons. The first-order valence-corrected chi connectivity index (χ1v) is 6.61. The van der Waals surface area contributed by atoms with Crippen molar-refractivity contribution >= 4 is 51.9 Å². The Kier molecular flexibility index (Phi) is 4.75. The fourth-order valence-corrected chi connectivity index (χ4v) is 2.03. The molecule has 0 atom stereocenters. The molecule has 2 nitrogen and oxygen atoms in total. The molecule has 2 rings (SSSR count). The molecule has 0 aliphatic heterocycles. The van der Waals surface area contributed by atoms with Crippen LogP contribution in [-0.4, -0.2) is 5.11 Å². The Balaban J connectivity index is 2.13. The molecule has 0 unspecified atom stereocenters. The summed E-state index contributed by atoms with van der Waals surface area (Å²) in [6.07, 6.45) is 0. The molecule has 0 amide bonds. The molecule has 0 fully saturated rings. The molecule has 2 aromatic rings. The first kappa shape index (κ1) is 15.0. The van der Waals surface area contributed by atoms with Crippen LogP contribution in [0.15, 0.2) is 36.4 Å². The summed E-state index contributed by atoms with van der Waals surface area (Å²) in [6, 6.07) is 8.27. The van der Waals surface area contributed by atoms with Gasteiger partial charge in [-0.15, -0.1) is 0 Å². The number of halogens is 4. The highest BCUT2D eigenvalue weighted by molar-refractivity contribution is 7.80. The molecule has 20 heavy (non-hydrogen) atoms. The van der Waals surface area contributed by atoms with Crippen molar-refractivity contribution in [3.63, 3.8) is 0 Å². The average molecular weight is 333 g/mol. The van der Waals surface area contributed by atoms with E-state index < -0.39 is 11.6 Å². The molecular formula is C13H8Cl2F2N2S. The third-order valence-electron chi connectivity index (χ3n) is 2.38. The van der Waals surface area contributed by atoms with E-state index in [1.165, 1.54) is 30.3 Å². The van der Waals surface area contributed by atoms with Gasteiger partial charge < -0.3 is 10.6 Å². The Morgan fingerprint density at radius 3 is 2.40 bits per heavy atom. The average Bonchev–Trinajstić information content (AvgIpc) is 2.39. The third-order valence-corrected chi connectivity index (χ3v) is 3.20. The highest BCUT2D eigenvalue weighted by Gasteiger charge is 2.09. The molecule has 0 aliphatic carbocycles. The smallest absolute Gasteiger partial charge is 0.175 e. The van der Waals surface area contributed by atoms with Gasteiger partial charge in [0.15, 0.2) is 10.9 Å². The summed E-state index contributed by atoms with van der Waals surface area (Å²) in [5.41, 5.74) is 0.397. The monoisotopic (exact) mass is 332 g/mol. The van der Waals surface area contributed by atoms with E-state index in [-0.39, 0.29) is 21.5 Å². The molecule has 0 aliphatic rings. The van der Waals surface area contributed by atoms with E-state index in [0.717, 1.165) is 0 Å². The normalized spacial score (nSPS) is 10.2. The number of anilines is 2. The van der Waals surface area contributed by atoms with Crippen LogP contribution in [0, 0.1) is 11.6 Å². The van der Waals surface area contributed by atoms with Crippen molar-refractivity contribution in [1.29, 1.82) is 0 Å². The number of nitrogens with one attached hydrogen (secondary N) is 2. The Bertz CT molecular complexity index is 659. The summed E-state index contributed by atoms with van der Waals surface area (Å²) in [4.78, 5) is 0. The summed E-state index contributed by atoms with van der Waals surface area (Å²) in [5.74, 6) is -1.09. The summed E-state index contributed by atoms with van der Waals surface area (Å²) in [7, 11) is 0. The minimum Gasteiger partial charge on any atom is -0.331 e. The molecule has 0 saturated carbocycles. The fraction of sp³-hybridized carbons (Fsp3) is 0. The van der Waals surface area contributed by atoms with Crippen molar-refractivity contribution in [2.45, 2.75) is 0 Å². The lowest BCUT2D eigenvalue weighted by Crippen LogP contribution is -2.20. The van der Waals surface area contributed by atoms with E-state index in [2.05, 4.69) is 10.6 Å². The second-order valence-electron chi connectivity index (χ2n) is 3.80. The summed E-state index contributed by atoms with van der Waals surface area (Å²) < 4.78 is 26.8. The van der Waals surface area contributed by atoms with Gasteiger partial charge in [-0.1, -0.05) is 29.3 Å². The summed E-state index contributed by atoms with van der Waals surface area (Å²) >= 11 is 16.6. The van der Waals surface area contributed by atoms with Gasteiger partial charge in [-0.05, 0) is 42.5 Å². The van der Waals surface area contributed by atoms with Gasteiger partial charge >= 0.3 is 0 Å². The number of rotatable bonds is 2. The standard InChI is InChI=1S/C13H8Cl2F2N2S/c14-8-5-4-7(16)6-11(8)19-13(20)18-10-3-1-2-9(15)12(10)17/h1-6H,(H2,18,19,20). The maximum atomic E-state index is 13.7. The molecule has 104 valence electrons. The van der Waals surface area contributed by atoms with Crippen molar-refractivity contribution in [3.05, 3.63) is 58.1 Å². The zero-order valence-corrected chi connectivity index (χ0v) is 12.2. The van der Waals surface area contributed by atoms with Crippen molar-refractivity contribution in [3.8, 4) is 0 Å². The van der Waals surface area contributed by atoms with Crippen LogP contribution in [0.5, 0.6) is 0 Å². The Hall–Kier alpha value is -1.43. The van der Waals surface area contributed by atoms with Crippen molar-refractivity contribution in [1.82, 2.24) is 0 Å². The summed E-state index contributed by atoms with van der Waals surface area (Å²) in [6.45, 7) is 0. The van der Waals surface area contributed by atoms with Crippen LogP contribution in [0.25, 0.3) is 0 Å². The topological polar surface area (TPSA) is 24.1 Å². The zero-order chi connectivity index (χ0) is 14.7. The highest BCUT2D eigenvalue weighted by Crippen LogP contribution is 2.24. The first-order valence-electron chi connectivity index (χ1n) is 5.44. The van der Waals surface area contributed by atoms with Gasteiger partial charge in [-0.3, -0.25) is 0 Å². The van der Waals surface area contributed by atoms with Crippen LogP contribution in [0.3, 0.4) is 0 Å². The van der Waals surface area contributed by atoms with E-state index in [1.54, 1.807) is 6.07 Å². The van der Waals surface area contributed by atoms with Crippen LogP contribution >= 0.6 is 35.4 Å². The van der Waals surface area contributed by atoms with E-state index in [0.29, 0.717) is 5.02 Å².